The summed E-state index contributed by atoms with van der Waals surface area (Å²) in [4.78, 5) is 11.3. The molecule has 1 N–H and O–H groups in total. The molecule has 2 heterocycles. The number of aromatic nitrogens is 1. The van der Waals surface area contributed by atoms with E-state index in [-0.39, 0.29) is 0 Å². The predicted octanol–water partition coefficient (Wildman–Crippen LogP) is 4.43. The molecule has 1 aromatic carbocycles. The third-order valence-corrected chi connectivity index (χ3v) is 5.83. The Labute approximate surface area is 149 Å². The summed E-state index contributed by atoms with van der Waals surface area (Å²) in [5.41, 5.74) is 4.32. The van der Waals surface area contributed by atoms with E-state index in [0.717, 1.165) is 42.9 Å². The first-order chi connectivity index (χ1) is 12.1. The molecule has 2 aromatic rings. The number of fused-ring (bicyclic) bond motifs is 3. The highest BCUT2D eigenvalue weighted by Crippen LogP contribution is 2.39. The molecule has 25 heavy (non-hydrogen) atoms. The van der Waals surface area contributed by atoms with Gasteiger partial charge in [0.1, 0.15) is 0 Å². The molecule has 4 rings (SSSR count). The highest BCUT2D eigenvalue weighted by atomic mass is 16.5. The number of carboxylic acid groups (broad SMARTS) is 1. The normalized spacial score (nSPS) is 20.7. The van der Waals surface area contributed by atoms with Gasteiger partial charge < -0.3 is 14.4 Å². The lowest BCUT2D eigenvalue weighted by Crippen LogP contribution is -2.28. The molecule has 1 aromatic heterocycles. The van der Waals surface area contributed by atoms with Crippen LogP contribution >= 0.6 is 0 Å². The van der Waals surface area contributed by atoms with Crippen molar-refractivity contribution in [1.82, 2.24) is 4.57 Å². The lowest BCUT2D eigenvalue weighted by atomic mass is 9.75. The van der Waals surface area contributed by atoms with Crippen LogP contribution in [0.1, 0.15) is 54.7 Å². The van der Waals surface area contributed by atoms with E-state index in [0.29, 0.717) is 11.5 Å². The maximum atomic E-state index is 11.3. The van der Waals surface area contributed by atoms with Crippen LogP contribution in [0.15, 0.2) is 18.2 Å². The molecule has 4 nitrogen and oxygen atoms in total. The van der Waals surface area contributed by atoms with Gasteiger partial charge in [0.25, 0.3) is 0 Å². The quantitative estimate of drug-likeness (QED) is 0.877. The molecule has 0 radical (unpaired) electrons. The number of benzene rings is 1. The molecule has 0 amide bonds. The minimum absolute atomic E-state index is 0.388. The number of rotatable bonds is 2. The first-order valence-electron chi connectivity index (χ1n) is 9.56. The third kappa shape index (κ3) is 3.32. The fraction of sp³-hybridized carbons (Fsp3) is 0.571. The van der Waals surface area contributed by atoms with Gasteiger partial charge in [-0.3, -0.25) is 0 Å². The van der Waals surface area contributed by atoms with E-state index >= 15 is 0 Å². The first-order valence-corrected chi connectivity index (χ1v) is 9.56. The van der Waals surface area contributed by atoms with Gasteiger partial charge in [0, 0.05) is 36.9 Å². The number of ether oxygens (including phenoxy) is 1. The Morgan fingerprint density at radius 1 is 1.16 bits per heavy atom. The molecule has 2 aliphatic rings. The van der Waals surface area contributed by atoms with Gasteiger partial charge in [-0.05, 0) is 67.7 Å². The minimum Gasteiger partial charge on any atom is -0.478 e. The molecule has 0 bridgehead atoms. The van der Waals surface area contributed by atoms with E-state index in [4.69, 9.17) is 4.74 Å². The molecular formula is C21H29NO3. The zero-order valence-corrected chi connectivity index (χ0v) is 15.5. The highest BCUT2D eigenvalue weighted by molar-refractivity contribution is 5.95. The SMILES string of the molecule is CC.Cn1c2c(c3cc(C(=O)O)ccc31)CC(C1CCOCC1)CC2. The standard InChI is InChI=1S/C19H23NO3.C2H6/c1-20-17-4-2-13(12-6-8-23-9-7-12)10-15(17)16-11-14(19(21)22)3-5-18(16)20;1-2/h3,5,11-13H,2,4,6-10H2,1H3,(H,21,22);1-2H3. The summed E-state index contributed by atoms with van der Waals surface area (Å²) >= 11 is 0. The van der Waals surface area contributed by atoms with Gasteiger partial charge in [0.15, 0.2) is 0 Å². The summed E-state index contributed by atoms with van der Waals surface area (Å²) in [5.74, 6) is 0.626. The lowest BCUT2D eigenvalue weighted by molar-refractivity contribution is 0.0439. The molecule has 0 spiro atoms. The molecule has 1 fully saturated rings. The minimum atomic E-state index is -0.846. The van der Waals surface area contributed by atoms with Gasteiger partial charge in [0.2, 0.25) is 0 Å². The van der Waals surface area contributed by atoms with Gasteiger partial charge in [-0.15, -0.1) is 0 Å². The van der Waals surface area contributed by atoms with E-state index in [1.54, 1.807) is 6.07 Å². The van der Waals surface area contributed by atoms with Crippen molar-refractivity contribution in [3.05, 3.63) is 35.0 Å². The van der Waals surface area contributed by atoms with Gasteiger partial charge in [-0.1, -0.05) is 13.8 Å². The van der Waals surface area contributed by atoms with Crippen molar-refractivity contribution >= 4 is 16.9 Å². The Bertz CT molecular complexity index is 756. The third-order valence-electron chi connectivity index (χ3n) is 5.83. The van der Waals surface area contributed by atoms with Gasteiger partial charge in [0.05, 0.1) is 5.56 Å². The van der Waals surface area contributed by atoms with E-state index < -0.39 is 5.97 Å². The van der Waals surface area contributed by atoms with Crippen molar-refractivity contribution in [2.75, 3.05) is 13.2 Å². The van der Waals surface area contributed by atoms with Crippen LogP contribution in [0.5, 0.6) is 0 Å². The van der Waals surface area contributed by atoms with Crippen molar-refractivity contribution < 1.29 is 14.6 Å². The molecule has 0 saturated carbocycles. The summed E-state index contributed by atoms with van der Waals surface area (Å²) < 4.78 is 7.77. The van der Waals surface area contributed by atoms with E-state index in [1.165, 1.54) is 30.5 Å². The van der Waals surface area contributed by atoms with Crippen LogP contribution in [0, 0.1) is 11.8 Å². The predicted molar refractivity (Wildman–Crippen MR) is 100 cm³/mol. The average molecular weight is 343 g/mol. The van der Waals surface area contributed by atoms with Crippen molar-refractivity contribution in [2.24, 2.45) is 18.9 Å². The van der Waals surface area contributed by atoms with Gasteiger partial charge >= 0.3 is 5.97 Å². The number of nitrogens with zero attached hydrogens (tertiary/aromatic N) is 1. The van der Waals surface area contributed by atoms with Crippen molar-refractivity contribution in [3.63, 3.8) is 0 Å². The zero-order chi connectivity index (χ0) is 18.0. The summed E-state index contributed by atoms with van der Waals surface area (Å²) in [6.07, 6.45) is 5.77. The summed E-state index contributed by atoms with van der Waals surface area (Å²) in [7, 11) is 2.11. The van der Waals surface area contributed by atoms with Crippen LogP contribution in [0.2, 0.25) is 0 Å². The molecule has 136 valence electrons. The molecule has 1 atom stereocenters. The lowest BCUT2D eigenvalue weighted by Gasteiger charge is -2.33. The molecular weight excluding hydrogens is 314 g/mol. The van der Waals surface area contributed by atoms with Crippen LogP contribution in [-0.2, 0) is 24.6 Å². The largest absolute Gasteiger partial charge is 0.478 e. The topological polar surface area (TPSA) is 51.5 Å². The zero-order valence-electron chi connectivity index (χ0n) is 15.5. The maximum absolute atomic E-state index is 11.3. The highest BCUT2D eigenvalue weighted by Gasteiger charge is 2.30. The Morgan fingerprint density at radius 2 is 1.88 bits per heavy atom. The number of carboxylic acids is 1. The molecule has 4 heteroatoms. The summed E-state index contributed by atoms with van der Waals surface area (Å²) in [6, 6.07) is 5.54. The average Bonchev–Trinajstić information content (AvgIpc) is 2.95. The Hall–Kier alpha value is -1.81. The van der Waals surface area contributed by atoms with E-state index in [2.05, 4.69) is 11.6 Å². The number of carbonyl (C=O) groups is 1. The maximum Gasteiger partial charge on any atom is 0.335 e. The smallest absolute Gasteiger partial charge is 0.335 e. The molecule has 1 saturated heterocycles. The van der Waals surface area contributed by atoms with Crippen molar-refractivity contribution in [3.8, 4) is 0 Å². The van der Waals surface area contributed by atoms with Crippen LogP contribution in [0.3, 0.4) is 0 Å². The second-order valence-corrected chi connectivity index (χ2v) is 6.97. The molecule has 1 aliphatic carbocycles. The number of hydrogen-bond donors (Lipinski definition) is 1. The molecule has 1 aliphatic heterocycles. The van der Waals surface area contributed by atoms with Crippen molar-refractivity contribution in [1.29, 1.82) is 0 Å². The van der Waals surface area contributed by atoms with E-state index in [1.807, 2.05) is 26.0 Å². The van der Waals surface area contributed by atoms with Gasteiger partial charge in [-0.2, -0.15) is 0 Å². The van der Waals surface area contributed by atoms with Crippen LogP contribution in [0.25, 0.3) is 10.9 Å². The van der Waals surface area contributed by atoms with Crippen LogP contribution in [0.4, 0.5) is 0 Å². The van der Waals surface area contributed by atoms with Crippen LogP contribution in [-0.4, -0.2) is 28.9 Å². The summed E-state index contributed by atoms with van der Waals surface area (Å²) in [6.45, 7) is 5.79. The number of aryl methyl sites for hydroxylation is 1. The fourth-order valence-electron chi connectivity index (χ4n) is 4.53. The van der Waals surface area contributed by atoms with E-state index in [9.17, 15) is 9.90 Å². The number of hydrogen-bond acceptors (Lipinski definition) is 2. The fourth-order valence-corrected chi connectivity index (χ4v) is 4.53. The number of aromatic carboxylic acids is 1. The first kappa shape index (κ1) is 18.0. The second-order valence-electron chi connectivity index (χ2n) is 6.97. The molecule has 1 unspecified atom stereocenters. The Morgan fingerprint density at radius 3 is 2.56 bits per heavy atom. The van der Waals surface area contributed by atoms with Crippen molar-refractivity contribution in [2.45, 2.75) is 46.0 Å². The Kier molecular flexibility index (Phi) is 5.48. The Balaban J connectivity index is 0.000000880. The second kappa shape index (κ2) is 7.61. The monoisotopic (exact) mass is 343 g/mol. The van der Waals surface area contributed by atoms with Crippen LogP contribution < -0.4 is 0 Å². The van der Waals surface area contributed by atoms with Gasteiger partial charge in [-0.25, -0.2) is 4.79 Å². The summed E-state index contributed by atoms with van der Waals surface area (Å²) in [5, 5.41) is 10.4.